The Bertz CT molecular complexity index is 1180. The molecule has 3 heterocycles. The highest BCUT2D eigenvalue weighted by Gasteiger charge is 2.36. The molecule has 1 unspecified atom stereocenters. The zero-order valence-corrected chi connectivity index (χ0v) is 23.7. The summed E-state index contributed by atoms with van der Waals surface area (Å²) in [6, 6.07) is 3.42. The van der Waals surface area contributed by atoms with Crippen molar-refractivity contribution in [1.29, 1.82) is 0 Å². The zero-order chi connectivity index (χ0) is 29.5. The first-order chi connectivity index (χ1) is 20.3. The van der Waals surface area contributed by atoms with Crippen molar-refractivity contribution in [3.8, 4) is 17.1 Å². The molecule has 13 heteroatoms. The number of aliphatic hydroxyl groups is 1. The molecular weight excluding hydrogens is 555 g/mol. The number of nitrogens with two attached hydrogens (primary N) is 1. The Morgan fingerprint density at radius 3 is 2.67 bits per heavy atom. The van der Waals surface area contributed by atoms with Crippen LogP contribution in [-0.4, -0.2) is 71.4 Å². The van der Waals surface area contributed by atoms with Crippen LogP contribution in [0.25, 0.3) is 11.4 Å². The van der Waals surface area contributed by atoms with E-state index in [1.165, 1.54) is 31.4 Å². The van der Waals surface area contributed by atoms with Gasteiger partial charge in [-0.3, -0.25) is 0 Å². The standard InChI is InChI=1S/C29H40F3N5O5/c30-29(31,32)22-17-20(8-9-24(22)40-16-10-19-5-2-1-3-6-19)26-35-27(42-36-26)23-7-4-13-37(23)28(33)34-25(38)18-41-21-11-14-39-15-12-21/h8-9,17,19,21,23,25,38H,1-7,10-16,18H2,(H2,33,34)/t23-,25?/m0/s1. The molecule has 3 fully saturated rings. The van der Waals surface area contributed by atoms with Gasteiger partial charge in [-0.1, -0.05) is 37.3 Å². The second-order valence-corrected chi connectivity index (χ2v) is 11.3. The quantitative estimate of drug-likeness (QED) is 0.286. The fourth-order valence-electron chi connectivity index (χ4n) is 5.94. The van der Waals surface area contributed by atoms with Gasteiger partial charge in [-0.25, -0.2) is 4.99 Å². The third kappa shape index (κ3) is 7.93. The van der Waals surface area contributed by atoms with E-state index in [-0.39, 0.29) is 48.3 Å². The molecule has 0 radical (unpaired) electrons. The minimum Gasteiger partial charge on any atom is -0.493 e. The lowest BCUT2D eigenvalue weighted by molar-refractivity contribution is -0.138. The van der Waals surface area contributed by atoms with Crippen molar-refractivity contribution in [1.82, 2.24) is 15.0 Å². The number of rotatable bonds is 10. The molecule has 2 saturated heterocycles. The molecule has 5 rings (SSSR count). The molecule has 3 aliphatic rings. The van der Waals surface area contributed by atoms with Crippen molar-refractivity contribution >= 4 is 5.96 Å². The number of aromatic nitrogens is 2. The lowest BCUT2D eigenvalue weighted by Gasteiger charge is -2.25. The average Bonchev–Trinajstić information content (AvgIpc) is 3.67. The second-order valence-electron chi connectivity index (χ2n) is 11.3. The Hall–Kier alpha value is -2.90. The van der Waals surface area contributed by atoms with Gasteiger partial charge < -0.3 is 34.5 Å². The first-order valence-electron chi connectivity index (χ1n) is 14.9. The average molecular weight is 596 g/mol. The number of likely N-dealkylation sites (tertiary alicyclic amines) is 1. The number of nitrogens with zero attached hydrogens (tertiary/aromatic N) is 4. The topological polar surface area (TPSA) is 128 Å². The molecule has 3 N–H and O–H groups in total. The Morgan fingerprint density at radius 2 is 1.90 bits per heavy atom. The number of benzene rings is 1. The van der Waals surface area contributed by atoms with Crippen LogP contribution in [0.3, 0.4) is 0 Å². The van der Waals surface area contributed by atoms with Crippen molar-refractivity contribution < 1.29 is 37.0 Å². The first kappa shape index (κ1) is 30.6. The molecule has 42 heavy (non-hydrogen) atoms. The number of guanidine groups is 1. The molecular formula is C29H40F3N5O5. The summed E-state index contributed by atoms with van der Waals surface area (Å²) >= 11 is 0. The van der Waals surface area contributed by atoms with E-state index < -0.39 is 24.0 Å². The van der Waals surface area contributed by atoms with Gasteiger partial charge in [0, 0.05) is 25.3 Å². The number of hydrogen-bond donors (Lipinski definition) is 2. The molecule has 2 atom stereocenters. The van der Waals surface area contributed by atoms with Crippen molar-refractivity contribution in [2.24, 2.45) is 16.6 Å². The Morgan fingerprint density at radius 1 is 1.12 bits per heavy atom. The number of ether oxygens (including phenoxy) is 3. The molecule has 1 aromatic heterocycles. The molecule has 0 amide bonds. The van der Waals surface area contributed by atoms with Crippen molar-refractivity contribution in [2.45, 2.75) is 88.8 Å². The zero-order valence-electron chi connectivity index (χ0n) is 23.7. The lowest BCUT2D eigenvalue weighted by atomic mass is 9.87. The highest BCUT2D eigenvalue weighted by Crippen LogP contribution is 2.39. The molecule has 1 aliphatic carbocycles. The number of aliphatic imine (C=N–C) groups is 1. The van der Waals surface area contributed by atoms with Gasteiger partial charge in [-0.2, -0.15) is 18.2 Å². The SMILES string of the molecule is N/C(=N/C(O)COC1CCOCC1)N1CCC[C@H]1c1nc(-c2ccc(OCCC3CCCCC3)c(C(F)(F)F)c2)no1. The second kappa shape index (κ2) is 14.0. The summed E-state index contributed by atoms with van der Waals surface area (Å²) in [7, 11) is 0. The van der Waals surface area contributed by atoms with Gasteiger partial charge in [0.25, 0.3) is 0 Å². The van der Waals surface area contributed by atoms with Crippen LogP contribution in [0.5, 0.6) is 5.75 Å². The van der Waals surface area contributed by atoms with Gasteiger partial charge in [0.05, 0.1) is 24.9 Å². The maximum absolute atomic E-state index is 14.0. The van der Waals surface area contributed by atoms with Crippen LogP contribution in [0.2, 0.25) is 0 Å². The molecule has 232 valence electrons. The Labute approximate surface area is 243 Å². The summed E-state index contributed by atoms with van der Waals surface area (Å²) in [5.74, 6) is 0.671. The van der Waals surface area contributed by atoms with Gasteiger partial charge in [-0.15, -0.1) is 0 Å². The highest BCUT2D eigenvalue weighted by atomic mass is 19.4. The Kier molecular flexibility index (Phi) is 10.2. The van der Waals surface area contributed by atoms with Gasteiger partial charge >= 0.3 is 6.18 Å². The summed E-state index contributed by atoms with van der Waals surface area (Å²) in [5.41, 5.74) is 5.52. The van der Waals surface area contributed by atoms with E-state index in [9.17, 15) is 18.3 Å². The van der Waals surface area contributed by atoms with E-state index in [0.717, 1.165) is 44.6 Å². The first-order valence-corrected chi connectivity index (χ1v) is 14.9. The molecule has 2 aromatic rings. The summed E-state index contributed by atoms with van der Waals surface area (Å²) in [6.45, 7) is 2.07. The maximum atomic E-state index is 14.0. The van der Waals surface area contributed by atoms with Crippen molar-refractivity contribution in [3.63, 3.8) is 0 Å². The summed E-state index contributed by atoms with van der Waals surface area (Å²) in [4.78, 5) is 10.3. The van der Waals surface area contributed by atoms with E-state index in [1.807, 2.05) is 0 Å². The van der Waals surface area contributed by atoms with Gasteiger partial charge in [-0.05, 0) is 56.2 Å². The smallest absolute Gasteiger partial charge is 0.419 e. The van der Waals surface area contributed by atoms with E-state index in [0.29, 0.717) is 32.1 Å². The van der Waals surface area contributed by atoms with Crippen LogP contribution < -0.4 is 10.5 Å². The summed E-state index contributed by atoms with van der Waals surface area (Å²) in [5, 5.41) is 14.3. The molecule has 1 aromatic carbocycles. The number of halogens is 3. The van der Waals surface area contributed by atoms with Crippen molar-refractivity contribution in [3.05, 3.63) is 29.7 Å². The molecule has 10 nitrogen and oxygen atoms in total. The number of hydrogen-bond acceptors (Lipinski definition) is 8. The monoisotopic (exact) mass is 595 g/mol. The third-order valence-electron chi connectivity index (χ3n) is 8.26. The summed E-state index contributed by atoms with van der Waals surface area (Å²) in [6.07, 6.45) is 3.72. The number of alkyl halides is 3. The predicted molar refractivity (Wildman–Crippen MR) is 148 cm³/mol. The van der Waals surface area contributed by atoms with E-state index in [2.05, 4.69) is 15.1 Å². The van der Waals surface area contributed by atoms with Gasteiger partial charge in [0.15, 0.2) is 12.2 Å². The van der Waals surface area contributed by atoms with Crippen LogP contribution in [0.15, 0.2) is 27.7 Å². The predicted octanol–water partition coefficient (Wildman–Crippen LogP) is 5.07. The fraction of sp³-hybridized carbons (Fsp3) is 0.690. The largest absolute Gasteiger partial charge is 0.493 e. The van der Waals surface area contributed by atoms with Crippen LogP contribution in [0.1, 0.15) is 81.7 Å². The molecule has 1 saturated carbocycles. The van der Waals surface area contributed by atoms with E-state index >= 15 is 0 Å². The van der Waals surface area contributed by atoms with Gasteiger partial charge in [0.2, 0.25) is 11.7 Å². The minimum absolute atomic E-state index is 0.0103. The molecule has 0 spiro atoms. The normalized spacial score (nSPS) is 22.0. The lowest BCUT2D eigenvalue weighted by Crippen LogP contribution is -2.38. The fourth-order valence-corrected chi connectivity index (χ4v) is 5.94. The maximum Gasteiger partial charge on any atom is 0.419 e. The van der Waals surface area contributed by atoms with E-state index in [1.54, 1.807) is 4.90 Å². The third-order valence-corrected chi connectivity index (χ3v) is 8.26. The van der Waals surface area contributed by atoms with Gasteiger partial charge in [0.1, 0.15) is 11.8 Å². The van der Waals surface area contributed by atoms with Crippen LogP contribution in [0.4, 0.5) is 13.2 Å². The van der Waals surface area contributed by atoms with Crippen LogP contribution in [0, 0.1) is 5.92 Å². The Balaban J connectivity index is 1.23. The molecule has 0 bridgehead atoms. The minimum atomic E-state index is -4.61. The highest BCUT2D eigenvalue weighted by molar-refractivity contribution is 5.79. The van der Waals surface area contributed by atoms with Crippen LogP contribution >= 0.6 is 0 Å². The van der Waals surface area contributed by atoms with Crippen molar-refractivity contribution in [2.75, 3.05) is 33.0 Å². The number of aliphatic hydroxyl groups excluding tert-OH is 1. The van der Waals surface area contributed by atoms with E-state index in [4.69, 9.17) is 24.5 Å². The van der Waals surface area contributed by atoms with Crippen LogP contribution in [-0.2, 0) is 15.7 Å². The summed E-state index contributed by atoms with van der Waals surface area (Å²) < 4.78 is 64.0. The molecule has 2 aliphatic heterocycles.